The second kappa shape index (κ2) is 22.2. The first-order valence-electron chi connectivity index (χ1n) is 21.8. The molecule has 0 amide bonds. The van der Waals surface area contributed by atoms with E-state index in [9.17, 15) is 37.5 Å². The largest absolute Gasteiger partial charge is 0.433 e. The zero-order valence-corrected chi connectivity index (χ0v) is 38.7. The maximum absolute atomic E-state index is 13.1. The van der Waals surface area contributed by atoms with Crippen molar-refractivity contribution in [3.05, 3.63) is 148 Å². The van der Waals surface area contributed by atoms with Gasteiger partial charge in [0.15, 0.2) is 11.6 Å². The first-order chi connectivity index (χ1) is 32.5. The van der Waals surface area contributed by atoms with Gasteiger partial charge in [0.2, 0.25) is 0 Å². The Morgan fingerprint density at radius 2 is 1.12 bits per heavy atom. The molecule has 2 aliphatic heterocycles. The summed E-state index contributed by atoms with van der Waals surface area (Å²) in [4.78, 5) is 46.7. The Labute approximate surface area is 401 Å². The molecule has 2 fully saturated rings. The number of nitrogens with one attached hydrogen (secondary N) is 2. The maximum Gasteiger partial charge on any atom is 0.433 e. The number of alkyl halides is 3. The molecule has 2 aromatic carbocycles. The molecular formula is C52H53F3N10O3S. The molecule has 2 aliphatic rings. The molecule has 0 radical (unpaired) electrons. The summed E-state index contributed by atoms with van der Waals surface area (Å²) in [7, 11) is -2.46. The minimum atomic E-state index is -4.57. The Morgan fingerprint density at radius 1 is 0.681 bits per heavy atom. The predicted octanol–water partition coefficient (Wildman–Crippen LogP) is 7.68. The van der Waals surface area contributed by atoms with E-state index >= 15 is 0 Å². The molecule has 4 aromatic heterocycles. The van der Waals surface area contributed by atoms with Crippen LogP contribution in [0.25, 0.3) is 22.3 Å². The van der Waals surface area contributed by atoms with Crippen LogP contribution in [0.3, 0.4) is 0 Å². The molecule has 6 aromatic rings. The summed E-state index contributed by atoms with van der Waals surface area (Å²) in [5, 5.41) is 26.4. The number of aryl methyl sites for hydroxylation is 2. The summed E-state index contributed by atoms with van der Waals surface area (Å²) in [5.41, 5.74) is 6.86. The summed E-state index contributed by atoms with van der Waals surface area (Å²) < 4.78 is 51.0. The zero-order chi connectivity index (χ0) is 48.6. The average molecular weight is 955 g/mol. The number of rotatable bonds is 11. The summed E-state index contributed by atoms with van der Waals surface area (Å²) >= 11 is 0. The minimum absolute atomic E-state index is 0. The van der Waals surface area contributed by atoms with Crippen LogP contribution in [0.15, 0.2) is 103 Å². The highest BCUT2D eigenvalue weighted by molar-refractivity contribution is 7.99. The van der Waals surface area contributed by atoms with E-state index in [0.29, 0.717) is 44.5 Å². The van der Waals surface area contributed by atoms with Gasteiger partial charge in [0.05, 0.1) is 11.1 Å². The molecule has 13 nitrogen and oxygen atoms in total. The topological polar surface area (TPSA) is 181 Å². The molecule has 0 aliphatic carbocycles. The lowest BCUT2D eigenvalue weighted by Gasteiger charge is -2.29. The number of ketones is 2. The third-order valence-corrected chi connectivity index (χ3v) is 12.7. The van der Waals surface area contributed by atoms with Crippen LogP contribution in [0, 0.1) is 36.5 Å². The molecule has 356 valence electrons. The number of piperazine rings is 2. The van der Waals surface area contributed by atoms with Crippen LogP contribution in [0.4, 0.5) is 24.8 Å². The second-order valence-electron chi connectivity index (χ2n) is 16.7. The Balaban J connectivity index is 0.000000224. The zero-order valence-electron chi connectivity index (χ0n) is 37.9. The van der Waals surface area contributed by atoms with Crippen molar-refractivity contribution in [2.45, 2.75) is 45.3 Å². The van der Waals surface area contributed by atoms with Crippen LogP contribution in [0.1, 0.15) is 67.2 Å². The highest BCUT2D eigenvalue weighted by Gasteiger charge is 2.32. The van der Waals surface area contributed by atoms with Crippen LogP contribution in [0.5, 0.6) is 0 Å². The number of carbonyl (C=O) groups excluding carboxylic acids is 2. The first kappa shape index (κ1) is 51.1. The highest BCUT2D eigenvalue weighted by atomic mass is 32.2. The van der Waals surface area contributed by atoms with Crippen LogP contribution in [0.2, 0.25) is 0 Å². The molecular weight excluding hydrogens is 902 g/mol. The molecule has 2 N–H and O–H groups in total. The standard InChI is InChI=1S/C26H27N5O2S.C25H22F3N5O.CH4/c1-18-4-5-20(24(32)12-19-6-7-29-25(13-19)34(2,3)33)15-23(18)22-14-21(16-27)26(30-17-22)31-10-8-28-9-11-31;1-16-2-3-18(22(34)10-17-4-5-31-23(11-17)25(26,27)28)13-21(16)20-12-19(14-29)24(32-15-20)33-8-6-30-7-9-33;/h4-7,13-15,17,28H,2,8-12H2,1,3H3;2-5,11-13,15,30H,6-10H2,1H3;1H4. The van der Waals surface area contributed by atoms with Crippen molar-refractivity contribution in [2.24, 2.45) is 0 Å². The maximum atomic E-state index is 13.1. The van der Waals surface area contributed by atoms with Crippen molar-refractivity contribution >= 4 is 38.6 Å². The SMILES string of the molecule is C.C=S(C)(=O)c1cc(CC(=O)c2ccc(C)c(-c3cnc(N4CCNCC4)c(C#N)c3)c2)ccn1.Cc1ccc(C(=O)Cc2ccnc(C(F)(F)F)c2)cc1-c1cnc(N2CCNCC2)c(C#N)c1. The van der Waals surface area contributed by atoms with Gasteiger partial charge in [-0.05, 0) is 102 Å². The Kier molecular flexibility index (Phi) is 16.4. The number of hydrogen-bond donors (Lipinski definition) is 2. The van der Waals surface area contributed by atoms with Crippen molar-refractivity contribution in [1.82, 2.24) is 30.6 Å². The quantitative estimate of drug-likeness (QED) is 0.0955. The fraction of sp³-hybridized carbons (Fsp3) is 0.288. The molecule has 0 saturated carbocycles. The van der Waals surface area contributed by atoms with E-state index in [-0.39, 0.29) is 37.4 Å². The van der Waals surface area contributed by atoms with Crippen LogP contribution >= 0.6 is 0 Å². The van der Waals surface area contributed by atoms with Crippen molar-refractivity contribution in [3.8, 4) is 34.4 Å². The van der Waals surface area contributed by atoms with Crippen LogP contribution in [-0.2, 0) is 28.5 Å². The number of carbonyl (C=O) groups is 2. The smallest absolute Gasteiger partial charge is 0.353 e. The number of hydrogen-bond acceptors (Lipinski definition) is 13. The minimum Gasteiger partial charge on any atom is -0.353 e. The van der Waals surface area contributed by atoms with Gasteiger partial charge in [-0.25, -0.2) is 15.0 Å². The molecule has 0 spiro atoms. The molecule has 0 bridgehead atoms. The molecule has 17 heteroatoms. The number of halogens is 3. The predicted molar refractivity (Wildman–Crippen MR) is 264 cm³/mol. The van der Waals surface area contributed by atoms with E-state index in [0.717, 1.165) is 98.0 Å². The van der Waals surface area contributed by atoms with Gasteiger partial charge in [-0.2, -0.15) is 23.7 Å². The molecule has 2 saturated heterocycles. The number of Topliss-reactive ketones (excluding diaryl/α,β-unsaturated/α-hetero) is 2. The monoisotopic (exact) mass is 954 g/mol. The lowest BCUT2D eigenvalue weighted by atomic mass is 9.95. The fourth-order valence-corrected chi connectivity index (χ4v) is 8.64. The van der Waals surface area contributed by atoms with Gasteiger partial charge in [-0.1, -0.05) is 31.7 Å². The van der Waals surface area contributed by atoms with E-state index < -0.39 is 21.4 Å². The molecule has 1 unspecified atom stereocenters. The van der Waals surface area contributed by atoms with Gasteiger partial charge >= 0.3 is 6.18 Å². The van der Waals surface area contributed by atoms with E-state index in [2.05, 4.69) is 58.4 Å². The molecule has 8 rings (SSSR count). The van der Waals surface area contributed by atoms with Gasteiger partial charge in [0, 0.05) is 128 Å². The van der Waals surface area contributed by atoms with Crippen molar-refractivity contribution in [2.75, 3.05) is 68.4 Å². The van der Waals surface area contributed by atoms with Crippen molar-refractivity contribution < 1.29 is 27.0 Å². The third-order valence-electron chi connectivity index (χ3n) is 11.6. The number of nitriles is 2. The van der Waals surface area contributed by atoms with Crippen LogP contribution < -0.4 is 20.4 Å². The van der Waals surface area contributed by atoms with E-state index in [1.807, 2.05) is 32.0 Å². The van der Waals surface area contributed by atoms with E-state index in [4.69, 9.17) is 0 Å². The number of benzene rings is 2. The normalized spacial score (nSPS) is 14.5. The Hall–Kier alpha value is -7.31. The number of pyridine rings is 4. The summed E-state index contributed by atoms with van der Waals surface area (Å²) in [6, 6.07) is 24.6. The Bertz CT molecular complexity index is 3060. The van der Waals surface area contributed by atoms with Gasteiger partial charge < -0.3 is 20.4 Å². The van der Waals surface area contributed by atoms with Crippen molar-refractivity contribution in [3.63, 3.8) is 0 Å². The summed E-state index contributed by atoms with van der Waals surface area (Å²) in [5.74, 6) is 4.63. The van der Waals surface area contributed by atoms with E-state index in [1.165, 1.54) is 12.3 Å². The van der Waals surface area contributed by atoms with Crippen molar-refractivity contribution in [1.29, 1.82) is 10.5 Å². The number of anilines is 2. The van der Waals surface area contributed by atoms with Gasteiger partial charge in [-0.3, -0.25) is 18.8 Å². The fourth-order valence-electron chi connectivity index (χ4n) is 7.96. The van der Waals surface area contributed by atoms with E-state index in [1.54, 1.807) is 61.1 Å². The number of aromatic nitrogens is 4. The first-order valence-corrected chi connectivity index (χ1v) is 24.0. The average Bonchev–Trinajstić information content (AvgIpc) is 3.34. The third kappa shape index (κ3) is 12.6. The van der Waals surface area contributed by atoms with Gasteiger partial charge in [-0.15, -0.1) is 0 Å². The lowest BCUT2D eigenvalue weighted by molar-refractivity contribution is -0.141. The van der Waals surface area contributed by atoms with Crippen LogP contribution in [-0.4, -0.2) is 100 Å². The van der Waals surface area contributed by atoms with Gasteiger partial charge in [0.25, 0.3) is 0 Å². The lowest BCUT2D eigenvalue weighted by Crippen LogP contribution is -2.44. The molecule has 69 heavy (non-hydrogen) atoms. The Morgan fingerprint density at radius 3 is 1.54 bits per heavy atom. The molecule has 1 atom stereocenters. The second-order valence-corrected chi connectivity index (χ2v) is 19.1. The summed E-state index contributed by atoms with van der Waals surface area (Å²) in [6.45, 7) is 10.4. The number of nitrogens with zero attached hydrogens (tertiary/aromatic N) is 8. The van der Waals surface area contributed by atoms with Gasteiger partial charge in [0.1, 0.15) is 34.5 Å². The highest BCUT2D eigenvalue weighted by Crippen LogP contribution is 2.32. The molecule has 6 heterocycles. The summed E-state index contributed by atoms with van der Waals surface area (Å²) in [6.07, 6.45) is 3.02.